The van der Waals surface area contributed by atoms with Gasteiger partial charge in [-0.05, 0) is 49.7 Å². The molecule has 1 aromatic carbocycles. The minimum atomic E-state index is -0.956. The van der Waals surface area contributed by atoms with E-state index in [1.54, 1.807) is 35.3 Å². The monoisotopic (exact) mass is 353 g/mol. The fourth-order valence-electron chi connectivity index (χ4n) is 2.37. The molecule has 0 saturated heterocycles. The molecule has 0 aliphatic rings. The number of rotatable bonds is 6. The predicted molar refractivity (Wildman–Crippen MR) is 94.7 cm³/mol. The number of furan rings is 1. The SMILES string of the molecule is Cc1cccc(NC(=O)C(C)OC(=O)c2ccc(Cn3cccn3)o2)c1. The van der Waals surface area contributed by atoms with Crippen LogP contribution in [0.1, 0.15) is 28.8 Å². The fourth-order valence-corrected chi connectivity index (χ4v) is 2.37. The van der Waals surface area contributed by atoms with Crippen molar-refractivity contribution >= 4 is 17.6 Å². The molecular formula is C19H19N3O4. The van der Waals surface area contributed by atoms with Crippen LogP contribution in [0.15, 0.2) is 59.3 Å². The van der Waals surface area contributed by atoms with Crippen LogP contribution in [0.5, 0.6) is 0 Å². The van der Waals surface area contributed by atoms with Crippen LogP contribution in [-0.4, -0.2) is 27.8 Å². The standard InChI is InChI=1S/C19H19N3O4/c1-13-5-3-6-15(11-13)21-18(23)14(2)25-19(24)17-8-7-16(26-17)12-22-10-4-9-20-22/h3-11,14H,12H2,1-2H3,(H,21,23). The Bertz CT molecular complexity index is 899. The highest BCUT2D eigenvalue weighted by Crippen LogP contribution is 2.13. The van der Waals surface area contributed by atoms with Crippen molar-refractivity contribution in [3.05, 3.63) is 71.9 Å². The first-order chi connectivity index (χ1) is 12.5. The van der Waals surface area contributed by atoms with Crippen molar-refractivity contribution < 1.29 is 18.7 Å². The van der Waals surface area contributed by atoms with Crippen LogP contribution in [0.25, 0.3) is 0 Å². The normalized spacial score (nSPS) is 11.8. The molecule has 26 heavy (non-hydrogen) atoms. The van der Waals surface area contributed by atoms with Crippen molar-refractivity contribution in [3.63, 3.8) is 0 Å². The average Bonchev–Trinajstić information content (AvgIpc) is 3.27. The van der Waals surface area contributed by atoms with Crippen molar-refractivity contribution in [1.29, 1.82) is 0 Å². The molecule has 0 aliphatic heterocycles. The number of nitrogens with one attached hydrogen (secondary N) is 1. The molecular weight excluding hydrogens is 334 g/mol. The molecule has 1 amide bonds. The van der Waals surface area contributed by atoms with Crippen LogP contribution in [0.4, 0.5) is 5.69 Å². The van der Waals surface area contributed by atoms with Crippen molar-refractivity contribution in [2.75, 3.05) is 5.32 Å². The third kappa shape index (κ3) is 4.38. The number of carbonyl (C=O) groups is 2. The summed E-state index contributed by atoms with van der Waals surface area (Å²) in [6.07, 6.45) is 2.49. The van der Waals surface area contributed by atoms with Gasteiger partial charge in [0.15, 0.2) is 6.10 Å². The van der Waals surface area contributed by atoms with Crippen LogP contribution in [0.3, 0.4) is 0 Å². The van der Waals surface area contributed by atoms with Crippen LogP contribution in [-0.2, 0) is 16.1 Å². The summed E-state index contributed by atoms with van der Waals surface area (Å²) in [5.74, 6) is -0.490. The third-order valence-corrected chi connectivity index (χ3v) is 3.68. The molecule has 3 rings (SSSR count). The topological polar surface area (TPSA) is 86.4 Å². The van der Waals surface area contributed by atoms with E-state index in [-0.39, 0.29) is 5.76 Å². The Hall–Kier alpha value is -3.35. The molecule has 0 radical (unpaired) electrons. The van der Waals surface area contributed by atoms with E-state index in [4.69, 9.17) is 9.15 Å². The number of ether oxygens (including phenoxy) is 1. The Kier molecular flexibility index (Phi) is 5.17. The maximum Gasteiger partial charge on any atom is 0.375 e. The van der Waals surface area contributed by atoms with E-state index in [1.165, 1.54) is 13.0 Å². The summed E-state index contributed by atoms with van der Waals surface area (Å²) >= 11 is 0. The first-order valence-electron chi connectivity index (χ1n) is 8.16. The van der Waals surface area contributed by atoms with Gasteiger partial charge in [-0.15, -0.1) is 0 Å². The van der Waals surface area contributed by atoms with Crippen molar-refractivity contribution in [2.45, 2.75) is 26.5 Å². The lowest BCUT2D eigenvalue weighted by atomic mass is 10.2. The van der Waals surface area contributed by atoms with Gasteiger partial charge in [0.25, 0.3) is 5.91 Å². The Morgan fingerprint density at radius 1 is 1.27 bits per heavy atom. The van der Waals surface area contributed by atoms with Gasteiger partial charge in [-0.1, -0.05) is 12.1 Å². The summed E-state index contributed by atoms with van der Waals surface area (Å²) in [7, 11) is 0. The zero-order valence-electron chi connectivity index (χ0n) is 14.5. The van der Waals surface area contributed by atoms with Crippen LogP contribution < -0.4 is 5.32 Å². The van der Waals surface area contributed by atoms with E-state index in [1.807, 2.05) is 25.1 Å². The number of anilines is 1. The average molecular weight is 353 g/mol. The number of aromatic nitrogens is 2. The van der Waals surface area contributed by atoms with E-state index in [9.17, 15) is 9.59 Å². The zero-order valence-corrected chi connectivity index (χ0v) is 14.5. The van der Waals surface area contributed by atoms with Crippen molar-refractivity contribution in [2.24, 2.45) is 0 Å². The van der Waals surface area contributed by atoms with Crippen LogP contribution in [0, 0.1) is 6.92 Å². The summed E-state index contributed by atoms with van der Waals surface area (Å²) in [5.41, 5.74) is 1.67. The molecule has 0 spiro atoms. The third-order valence-electron chi connectivity index (χ3n) is 3.68. The second-order valence-corrected chi connectivity index (χ2v) is 5.88. The highest BCUT2D eigenvalue weighted by Gasteiger charge is 2.21. The molecule has 7 nitrogen and oxygen atoms in total. The first kappa shape index (κ1) is 17.5. The number of nitrogens with zero attached hydrogens (tertiary/aromatic N) is 2. The molecule has 134 valence electrons. The summed E-state index contributed by atoms with van der Waals surface area (Å²) in [4.78, 5) is 24.3. The van der Waals surface area contributed by atoms with E-state index < -0.39 is 18.0 Å². The van der Waals surface area contributed by atoms with Gasteiger partial charge in [0.05, 0.1) is 6.54 Å². The lowest BCUT2D eigenvalue weighted by molar-refractivity contribution is -0.123. The summed E-state index contributed by atoms with van der Waals surface area (Å²) in [6.45, 7) is 3.84. The Balaban J connectivity index is 1.56. The molecule has 2 heterocycles. The molecule has 0 bridgehead atoms. The molecule has 1 N–H and O–H groups in total. The minimum Gasteiger partial charge on any atom is -0.452 e. The molecule has 0 fully saturated rings. The molecule has 0 aliphatic carbocycles. The highest BCUT2D eigenvalue weighted by atomic mass is 16.6. The van der Waals surface area contributed by atoms with Crippen LogP contribution in [0.2, 0.25) is 0 Å². The first-order valence-corrected chi connectivity index (χ1v) is 8.16. The Labute approximate surface area is 150 Å². The van der Waals surface area contributed by atoms with E-state index in [0.717, 1.165) is 5.56 Å². The van der Waals surface area contributed by atoms with Crippen molar-refractivity contribution in [3.8, 4) is 0 Å². The van der Waals surface area contributed by atoms with E-state index in [0.29, 0.717) is 18.0 Å². The zero-order chi connectivity index (χ0) is 18.5. The molecule has 2 aromatic heterocycles. The summed E-state index contributed by atoms with van der Waals surface area (Å²) in [5, 5.41) is 6.79. The van der Waals surface area contributed by atoms with Gasteiger partial charge in [0.1, 0.15) is 5.76 Å². The van der Waals surface area contributed by atoms with E-state index in [2.05, 4.69) is 10.4 Å². The highest BCUT2D eigenvalue weighted by molar-refractivity contribution is 5.96. The number of esters is 1. The van der Waals surface area contributed by atoms with Crippen LogP contribution >= 0.6 is 0 Å². The fraction of sp³-hybridized carbons (Fsp3) is 0.211. The molecule has 7 heteroatoms. The summed E-state index contributed by atoms with van der Waals surface area (Å²) in [6, 6.07) is 12.4. The Morgan fingerprint density at radius 2 is 2.12 bits per heavy atom. The number of carbonyl (C=O) groups excluding carboxylic acids is 2. The predicted octanol–water partition coefficient (Wildman–Crippen LogP) is 3.02. The van der Waals surface area contributed by atoms with Gasteiger partial charge >= 0.3 is 5.97 Å². The van der Waals surface area contributed by atoms with Gasteiger partial charge in [-0.25, -0.2) is 4.79 Å². The number of benzene rings is 1. The van der Waals surface area contributed by atoms with Gasteiger partial charge < -0.3 is 14.5 Å². The molecule has 1 unspecified atom stereocenters. The van der Waals surface area contributed by atoms with Gasteiger partial charge in [-0.3, -0.25) is 9.48 Å². The molecule has 3 aromatic rings. The van der Waals surface area contributed by atoms with Crippen molar-refractivity contribution in [1.82, 2.24) is 9.78 Å². The lowest BCUT2D eigenvalue weighted by Gasteiger charge is -2.13. The summed E-state index contributed by atoms with van der Waals surface area (Å²) < 4.78 is 12.3. The Morgan fingerprint density at radius 3 is 2.85 bits per heavy atom. The maximum atomic E-state index is 12.2. The van der Waals surface area contributed by atoms with E-state index >= 15 is 0 Å². The van der Waals surface area contributed by atoms with Gasteiger partial charge in [0, 0.05) is 18.1 Å². The van der Waals surface area contributed by atoms with Gasteiger partial charge in [0.2, 0.25) is 5.76 Å². The smallest absolute Gasteiger partial charge is 0.375 e. The molecule has 0 saturated carbocycles. The number of aryl methyl sites for hydroxylation is 1. The number of hydrogen-bond acceptors (Lipinski definition) is 5. The second-order valence-electron chi connectivity index (χ2n) is 5.88. The lowest BCUT2D eigenvalue weighted by Crippen LogP contribution is -2.29. The second kappa shape index (κ2) is 7.69. The maximum absolute atomic E-state index is 12.2. The minimum absolute atomic E-state index is 0.0439. The molecule has 1 atom stereocenters. The largest absolute Gasteiger partial charge is 0.452 e. The number of hydrogen-bond donors (Lipinski definition) is 1. The number of amides is 1. The quantitative estimate of drug-likeness (QED) is 0.689. The van der Waals surface area contributed by atoms with Gasteiger partial charge in [-0.2, -0.15) is 5.10 Å².